The van der Waals surface area contributed by atoms with Crippen LogP contribution < -0.4 is 20.5 Å². The third kappa shape index (κ3) is 3.35. The molecular formula is C14H19ClN2O3. The molecule has 2 rings (SSSR count). The number of ether oxygens (including phenoxy) is 2. The van der Waals surface area contributed by atoms with Crippen LogP contribution in [0.1, 0.15) is 20.3 Å². The van der Waals surface area contributed by atoms with Crippen LogP contribution in [0, 0.1) is 11.8 Å². The number of halogens is 1. The molecule has 1 unspecified atom stereocenters. The number of fused-ring (bicyclic) bond motifs is 1. The van der Waals surface area contributed by atoms with Crippen molar-refractivity contribution in [1.29, 1.82) is 0 Å². The second kappa shape index (κ2) is 6.33. The molecule has 0 saturated carbocycles. The average molecular weight is 299 g/mol. The SMILES string of the molecule is CC(C)CC(CN)C(=O)Nc1cc2c(cc1Cl)OCO2. The molecule has 20 heavy (non-hydrogen) atoms. The average Bonchev–Trinajstić information content (AvgIpc) is 2.82. The lowest BCUT2D eigenvalue weighted by atomic mass is 9.96. The van der Waals surface area contributed by atoms with Crippen LogP contribution in [0.15, 0.2) is 12.1 Å². The molecule has 0 aliphatic carbocycles. The van der Waals surface area contributed by atoms with Crippen LogP contribution >= 0.6 is 11.6 Å². The molecule has 1 aromatic rings. The van der Waals surface area contributed by atoms with Gasteiger partial charge in [-0.2, -0.15) is 0 Å². The van der Waals surface area contributed by atoms with Gasteiger partial charge in [0.2, 0.25) is 12.7 Å². The van der Waals surface area contributed by atoms with Crippen molar-refractivity contribution < 1.29 is 14.3 Å². The molecule has 0 bridgehead atoms. The highest BCUT2D eigenvalue weighted by Crippen LogP contribution is 2.39. The van der Waals surface area contributed by atoms with Gasteiger partial charge in [-0.25, -0.2) is 0 Å². The standard InChI is InChI=1S/C14H19ClN2O3/c1-8(2)3-9(6-16)14(18)17-11-5-13-12(4-10(11)15)19-7-20-13/h4-5,8-9H,3,6-7,16H2,1-2H3,(H,17,18). The molecule has 110 valence electrons. The Morgan fingerprint density at radius 1 is 1.40 bits per heavy atom. The fraction of sp³-hybridized carbons (Fsp3) is 0.500. The lowest BCUT2D eigenvalue weighted by Gasteiger charge is -2.17. The van der Waals surface area contributed by atoms with Gasteiger partial charge in [-0.15, -0.1) is 0 Å². The number of hydrogen-bond donors (Lipinski definition) is 2. The number of amides is 1. The van der Waals surface area contributed by atoms with Gasteiger partial charge in [0.05, 0.1) is 16.6 Å². The maximum atomic E-state index is 12.2. The topological polar surface area (TPSA) is 73.6 Å². The molecule has 1 aromatic carbocycles. The van der Waals surface area contributed by atoms with Crippen molar-refractivity contribution in [1.82, 2.24) is 0 Å². The van der Waals surface area contributed by atoms with Crippen molar-refractivity contribution in [3.8, 4) is 11.5 Å². The van der Waals surface area contributed by atoms with Gasteiger partial charge in [0.1, 0.15) is 0 Å². The lowest BCUT2D eigenvalue weighted by molar-refractivity contribution is -0.120. The molecule has 3 N–H and O–H groups in total. The summed E-state index contributed by atoms with van der Waals surface area (Å²) >= 11 is 6.12. The molecule has 0 aromatic heterocycles. The summed E-state index contributed by atoms with van der Waals surface area (Å²) in [5.74, 6) is 1.23. The molecule has 0 fully saturated rings. The predicted molar refractivity (Wildman–Crippen MR) is 78.2 cm³/mol. The quantitative estimate of drug-likeness (QED) is 0.876. The highest BCUT2D eigenvalue weighted by atomic mass is 35.5. The minimum absolute atomic E-state index is 0.123. The van der Waals surface area contributed by atoms with Gasteiger partial charge < -0.3 is 20.5 Å². The van der Waals surface area contributed by atoms with E-state index in [1.165, 1.54) is 0 Å². The van der Waals surface area contributed by atoms with Gasteiger partial charge >= 0.3 is 0 Å². The Bertz CT molecular complexity index is 505. The van der Waals surface area contributed by atoms with E-state index >= 15 is 0 Å². The summed E-state index contributed by atoms with van der Waals surface area (Å²) in [6.45, 7) is 4.60. The highest BCUT2D eigenvalue weighted by Gasteiger charge is 2.21. The molecule has 0 saturated heterocycles. The Hall–Kier alpha value is -1.46. The molecule has 1 aliphatic heterocycles. The van der Waals surface area contributed by atoms with Gasteiger partial charge in [0.15, 0.2) is 11.5 Å². The predicted octanol–water partition coefficient (Wildman–Crippen LogP) is 2.63. The minimum atomic E-state index is -0.225. The summed E-state index contributed by atoms with van der Waals surface area (Å²) in [5, 5.41) is 3.23. The lowest BCUT2D eigenvalue weighted by Crippen LogP contribution is -2.30. The smallest absolute Gasteiger partial charge is 0.231 e. The van der Waals surface area contributed by atoms with Crippen molar-refractivity contribution in [2.24, 2.45) is 17.6 Å². The molecule has 1 amide bonds. The van der Waals surface area contributed by atoms with E-state index in [4.69, 9.17) is 26.8 Å². The molecular weight excluding hydrogens is 280 g/mol. The zero-order chi connectivity index (χ0) is 14.7. The molecule has 0 spiro atoms. The van der Waals surface area contributed by atoms with Crippen LogP contribution in [-0.2, 0) is 4.79 Å². The zero-order valence-electron chi connectivity index (χ0n) is 11.6. The molecule has 6 heteroatoms. The van der Waals surface area contributed by atoms with Crippen LogP contribution in [0.4, 0.5) is 5.69 Å². The van der Waals surface area contributed by atoms with Gasteiger partial charge in [-0.1, -0.05) is 25.4 Å². The summed E-state index contributed by atoms with van der Waals surface area (Å²) in [6, 6.07) is 3.31. The Morgan fingerprint density at radius 3 is 2.65 bits per heavy atom. The van der Waals surface area contributed by atoms with Crippen molar-refractivity contribution >= 4 is 23.2 Å². The maximum Gasteiger partial charge on any atom is 0.231 e. The fourth-order valence-electron chi connectivity index (χ4n) is 2.13. The minimum Gasteiger partial charge on any atom is -0.454 e. The monoisotopic (exact) mass is 298 g/mol. The molecule has 1 aliphatic rings. The van der Waals surface area contributed by atoms with E-state index in [1.807, 2.05) is 0 Å². The highest BCUT2D eigenvalue weighted by molar-refractivity contribution is 6.34. The largest absolute Gasteiger partial charge is 0.454 e. The number of nitrogens with one attached hydrogen (secondary N) is 1. The van der Waals surface area contributed by atoms with Crippen molar-refractivity contribution in [3.63, 3.8) is 0 Å². The summed E-state index contributed by atoms with van der Waals surface area (Å²) in [6.07, 6.45) is 0.741. The van der Waals surface area contributed by atoms with E-state index in [-0.39, 0.29) is 18.6 Å². The molecule has 1 heterocycles. The first kappa shape index (κ1) is 14.9. The molecule has 5 nitrogen and oxygen atoms in total. The van der Waals surface area contributed by atoms with Gasteiger partial charge in [0.25, 0.3) is 0 Å². The van der Waals surface area contributed by atoms with Crippen molar-refractivity contribution in [2.45, 2.75) is 20.3 Å². The summed E-state index contributed by atoms with van der Waals surface area (Å²) in [7, 11) is 0. The number of anilines is 1. The number of carbonyl (C=O) groups is 1. The third-order valence-electron chi connectivity index (χ3n) is 3.13. The summed E-state index contributed by atoms with van der Waals surface area (Å²) in [4.78, 5) is 12.2. The maximum absolute atomic E-state index is 12.2. The Labute approximate surface area is 123 Å². The summed E-state index contributed by atoms with van der Waals surface area (Å²) in [5.41, 5.74) is 6.18. The van der Waals surface area contributed by atoms with Crippen LogP contribution in [0.5, 0.6) is 11.5 Å². The van der Waals surface area contributed by atoms with Crippen LogP contribution in [0.3, 0.4) is 0 Å². The number of rotatable bonds is 5. The first-order valence-electron chi connectivity index (χ1n) is 6.61. The van der Waals surface area contributed by atoms with Crippen LogP contribution in [0.25, 0.3) is 0 Å². The van der Waals surface area contributed by atoms with Gasteiger partial charge in [-0.3, -0.25) is 4.79 Å². The molecule has 1 atom stereocenters. The third-order valence-corrected chi connectivity index (χ3v) is 3.44. The van der Waals surface area contributed by atoms with Gasteiger partial charge in [-0.05, 0) is 12.3 Å². The van der Waals surface area contributed by atoms with Crippen LogP contribution in [0.2, 0.25) is 5.02 Å². The zero-order valence-corrected chi connectivity index (χ0v) is 12.4. The number of nitrogens with two attached hydrogens (primary N) is 1. The Morgan fingerprint density at radius 2 is 2.05 bits per heavy atom. The number of carbonyl (C=O) groups excluding carboxylic acids is 1. The van der Waals surface area contributed by atoms with E-state index in [0.29, 0.717) is 34.7 Å². The van der Waals surface area contributed by atoms with E-state index < -0.39 is 0 Å². The fourth-order valence-corrected chi connectivity index (χ4v) is 2.33. The number of hydrogen-bond acceptors (Lipinski definition) is 4. The second-order valence-corrected chi connectivity index (χ2v) is 5.64. The van der Waals surface area contributed by atoms with E-state index in [9.17, 15) is 4.79 Å². The number of benzene rings is 1. The summed E-state index contributed by atoms with van der Waals surface area (Å²) < 4.78 is 10.5. The molecule has 0 radical (unpaired) electrons. The Balaban J connectivity index is 2.11. The van der Waals surface area contributed by atoms with E-state index in [2.05, 4.69) is 19.2 Å². The van der Waals surface area contributed by atoms with Gasteiger partial charge in [0, 0.05) is 18.7 Å². The van der Waals surface area contributed by atoms with Crippen molar-refractivity contribution in [3.05, 3.63) is 17.2 Å². The first-order valence-corrected chi connectivity index (χ1v) is 6.99. The first-order chi connectivity index (χ1) is 9.51. The normalized spacial score (nSPS) is 14.4. The Kier molecular flexibility index (Phi) is 4.73. The van der Waals surface area contributed by atoms with Crippen molar-refractivity contribution in [2.75, 3.05) is 18.7 Å². The van der Waals surface area contributed by atoms with E-state index in [1.54, 1.807) is 12.1 Å². The van der Waals surface area contributed by atoms with E-state index in [0.717, 1.165) is 6.42 Å². The second-order valence-electron chi connectivity index (χ2n) is 5.24. The van der Waals surface area contributed by atoms with Crippen LogP contribution in [-0.4, -0.2) is 19.2 Å².